The molecule has 0 spiro atoms. The average Bonchev–Trinajstić information content (AvgIpc) is 3.36. The first kappa shape index (κ1) is 21.8. The van der Waals surface area contributed by atoms with E-state index < -0.39 is 0 Å². The fourth-order valence-electron chi connectivity index (χ4n) is 3.17. The lowest BCUT2D eigenvalue weighted by molar-refractivity contribution is -0.116. The number of nitrogens with one attached hydrogen (secondary N) is 1. The molecule has 1 N–H and O–H groups in total. The maximum atomic E-state index is 12.3. The predicted molar refractivity (Wildman–Crippen MR) is 121 cm³/mol. The second kappa shape index (κ2) is 9.84. The van der Waals surface area contributed by atoms with Crippen LogP contribution >= 0.6 is 23.1 Å². The number of fused-ring (bicyclic) bond motifs is 1. The number of aromatic nitrogens is 2. The van der Waals surface area contributed by atoms with E-state index in [2.05, 4.69) is 15.5 Å². The Labute approximate surface area is 192 Å². The van der Waals surface area contributed by atoms with Gasteiger partial charge in [0.25, 0.3) is 11.8 Å². The summed E-state index contributed by atoms with van der Waals surface area (Å²) in [5.74, 6) is -0.727. The van der Waals surface area contributed by atoms with E-state index in [1.165, 1.54) is 28.0 Å². The van der Waals surface area contributed by atoms with E-state index in [0.29, 0.717) is 32.6 Å². The number of carbonyl (C=O) groups is 4. The van der Waals surface area contributed by atoms with Crippen molar-refractivity contribution < 1.29 is 19.2 Å². The maximum absolute atomic E-state index is 12.3. The molecule has 1 aromatic heterocycles. The largest absolute Gasteiger partial charge is 0.301 e. The molecule has 0 bridgehead atoms. The van der Waals surface area contributed by atoms with Gasteiger partial charge in [-0.25, -0.2) is 0 Å². The van der Waals surface area contributed by atoms with E-state index in [0.717, 1.165) is 0 Å². The summed E-state index contributed by atoms with van der Waals surface area (Å²) in [6.45, 7) is 0.165. The highest BCUT2D eigenvalue weighted by Crippen LogP contribution is 2.26. The Morgan fingerprint density at radius 2 is 1.59 bits per heavy atom. The summed E-state index contributed by atoms with van der Waals surface area (Å²) in [4.78, 5) is 50.2. The minimum atomic E-state index is -0.332. The van der Waals surface area contributed by atoms with Crippen LogP contribution < -0.4 is 5.32 Å². The Balaban J connectivity index is 1.22. The minimum Gasteiger partial charge on any atom is -0.301 e. The van der Waals surface area contributed by atoms with Gasteiger partial charge in [0.15, 0.2) is 10.1 Å². The zero-order chi connectivity index (χ0) is 22.5. The molecule has 0 saturated heterocycles. The monoisotopic (exact) mass is 466 g/mol. The van der Waals surface area contributed by atoms with Crippen LogP contribution in [0.5, 0.6) is 0 Å². The molecule has 3 aromatic rings. The van der Waals surface area contributed by atoms with Crippen molar-refractivity contribution in [2.45, 2.75) is 17.2 Å². The molecule has 0 atom stereocenters. The second-order valence-electron chi connectivity index (χ2n) is 6.91. The number of nitrogens with zero attached hydrogens (tertiary/aromatic N) is 3. The number of anilines is 1. The summed E-state index contributed by atoms with van der Waals surface area (Å²) >= 11 is 2.45. The van der Waals surface area contributed by atoms with Gasteiger partial charge >= 0.3 is 0 Å². The first-order valence-corrected chi connectivity index (χ1v) is 11.6. The van der Waals surface area contributed by atoms with Crippen molar-refractivity contribution in [3.8, 4) is 0 Å². The molecule has 1 aliphatic heterocycles. The highest BCUT2D eigenvalue weighted by molar-refractivity contribution is 8.01. The first-order valence-electron chi connectivity index (χ1n) is 9.82. The highest BCUT2D eigenvalue weighted by atomic mass is 32.2. The van der Waals surface area contributed by atoms with Gasteiger partial charge in [0, 0.05) is 18.5 Å². The smallest absolute Gasteiger partial charge is 0.261 e. The molecule has 3 amide bonds. The topological polar surface area (TPSA) is 109 Å². The Morgan fingerprint density at radius 3 is 2.28 bits per heavy atom. The van der Waals surface area contributed by atoms with Crippen LogP contribution in [0.25, 0.3) is 0 Å². The standard InChI is InChI=1S/C22H18N4O4S2/c27-17(14-7-2-1-3-8-14)13-31-22-25-24-21(32-22)23-18(28)11-6-12-26-19(29)15-9-4-5-10-16(15)20(26)30/h1-5,7-10H,6,11-13H2,(H,23,24,28). The van der Waals surface area contributed by atoms with E-state index in [-0.39, 0.29) is 42.2 Å². The summed E-state index contributed by atoms with van der Waals surface area (Å²) in [5.41, 5.74) is 1.43. The molecule has 8 nitrogen and oxygen atoms in total. The molecule has 0 unspecified atom stereocenters. The third-order valence-corrected chi connectivity index (χ3v) is 6.71. The lowest BCUT2D eigenvalue weighted by atomic mass is 10.1. The Hall–Kier alpha value is -3.37. The predicted octanol–water partition coefficient (Wildman–Crippen LogP) is 3.53. The van der Waals surface area contributed by atoms with Crippen molar-refractivity contribution in [2.75, 3.05) is 17.6 Å². The van der Waals surface area contributed by atoms with Gasteiger partial charge in [0.05, 0.1) is 16.9 Å². The van der Waals surface area contributed by atoms with Gasteiger partial charge < -0.3 is 5.32 Å². The number of hydrogen-bond acceptors (Lipinski definition) is 8. The van der Waals surface area contributed by atoms with Gasteiger partial charge in [0.1, 0.15) is 0 Å². The summed E-state index contributed by atoms with van der Waals surface area (Å²) in [7, 11) is 0. The molecule has 0 aliphatic carbocycles. The lowest BCUT2D eigenvalue weighted by Crippen LogP contribution is -2.31. The fourth-order valence-corrected chi connectivity index (χ4v) is 4.84. The van der Waals surface area contributed by atoms with Gasteiger partial charge in [-0.15, -0.1) is 10.2 Å². The summed E-state index contributed by atoms with van der Waals surface area (Å²) in [6, 6.07) is 15.7. The number of carbonyl (C=O) groups excluding carboxylic acids is 4. The van der Waals surface area contributed by atoms with Crippen molar-refractivity contribution in [2.24, 2.45) is 0 Å². The molecule has 1 aliphatic rings. The normalized spacial score (nSPS) is 12.7. The SMILES string of the molecule is O=C(CCCN1C(=O)c2ccccc2C1=O)Nc1nnc(SCC(=O)c2ccccc2)s1. The lowest BCUT2D eigenvalue weighted by Gasteiger charge is -2.13. The Bertz CT molecular complexity index is 1140. The molecule has 4 rings (SSSR count). The van der Waals surface area contributed by atoms with Crippen LogP contribution in [0.15, 0.2) is 58.9 Å². The second-order valence-corrected chi connectivity index (χ2v) is 9.11. The zero-order valence-corrected chi connectivity index (χ0v) is 18.4. The van der Waals surface area contributed by atoms with Crippen molar-refractivity contribution in [3.05, 3.63) is 71.3 Å². The van der Waals surface area contributed by atoms with Crippen LogP contribution in [0.2, 0.25) is 0 Å². The zero-order valence-electron chi connectivity index (χ0n) is 16.8. The first-order chi connectivity index (χ1) is 15.5. The number of hydrogen-bond donors (Lipinski definition) is 1. The summed E-state index contributed by atoms with van der Waals surface area (Å²) < 4.78 is 0.579. The van der Waals surface area contributed by atoms with Crippen LogP contribution in [0, 0.1) is 0 Å². The fraction of sp³-hybridized carbons (Fsp3) is 0.182. The van der Waals surface area contributed by atoms with E-state index in [1.54, 1.807) is 36.4 Å². The van der Waals surface area contributed by atoms with E-state index >= 15 is 0 Å². The summed E-state index contributed by atoms with van der Waals surface area (Å²) in [5, 5.41) is 10.9. The molecule has 2 heterocycles. The van der Waals surface area contributed by atoms with Gasteiger partial charge in [-0.3, -0.25) is 24.1 Å². The number of ketones is 1. The van der Waals surface area contributed by atoms with E-state index in [4.69, 9.17) is 0 Å². The van der Waals surface area contributed by atoms with E-state index in [1.807, 2.05) is 18.2 Å². The third-order valence-electron chi connectivity index (χ3n) is 4.74. The van der Waals surface area contributed by atoms with E-state index in [9.17, 15) is 19.2 Å². The molecular weight excluding hydrogens is 448 g/mol. The van der Waals surface area contributed by atoms with Crippen LogP contribution in [0.4, 0.5) is 5.13 Å². The van der Waals surface area contributed by atoms with Gasteiger partial charge in [-0.1, -0.05) is 65.6 Å². The molecule has 32 heavy (non-hydrogen) atoms. The van der Waals surface area contributed by atoms with Crippen LogP contribution in [-0.2, 0) is 4.79 Å². The summed E-state index contributed by atoms with van der Waals surface area (Å²) in [6.07, 6.45) is 0.464. The highest BCUT2D eigenvalue weighted by Gasteiger charge is 2.34. The number of imide groups is 1. The molecule has 0 radical (unpaired) electrons. The molecule has 0 fully saturated rings. The molecule has 0 saturated carbocycles. The molecule has 162 valence electrons. The Morgan fingerprint density at radius 1 is 0.938 bits per heavy atom. The Kier molecular flexibility index (Phi) is 6.72. The molecule has 2 aromatic carbocycles. The minimum absolute atomic E-state index is 0.00968. The van der Waals surface area contributed by atoms with Crippen LogP contribution in [-0.4, -0.2) is 50.9 Å². The third kappa shape index (κ3) is 4.92. The van der Waals surface area contributed by atoms with Gasteiger partial charge in [0.2, 0.25) is 11.0 Å². The quantitative estimate of drug-likeness (QED) is 0.222. The molecular formula is C22H18N4O4S2. The van der Waals surface area contributed by atoms with Crippen LogP contribution in [0.1, 0.15) is 43.9 Å². The number of thioether (sulfide) groups is 1. The van der Waals surface area contributed by atoms with Crippen molar-refractivity contribution in [1.29, 1.82) is 0 Å². The van der Waals surface area contributed by atoms with Crippen molar-refractivity contribution in [3.63, 3.8) is 0 Å². The maximum Gasteiger partial charge on any atom is 0.261 e. The van der Waals surface area contributed by atoms with Crippen LogP contribution in [0.3, 0.4) is 0 Å². The number of amides is 3. The number of rotatable bonds is 9. The van der Waals surface area contributed by atoms with Crippen molar-refractivity contribution >= 4 is 51.7 Å². The van der Waals surface area contributed by atoms with Gasteiger partial charge in [-0.05, 0) is 18.6 Å². The van der Waals surface area contributed by atoms with Gasteiger partial charge in [-0.2, -0.15) is 0 Å². The number of benzene rings is 2. The molecule has 10 heteroatoms. The van der Waals surface area contributed by atoms with Crippen molar-refractivity contribution in [1.82, 2.24) is 15.1 Å². The average molecular weight is 467 g/mol. The number of Topliss-reactive ketones (excluding diaryl/α,β-unsaturated/α-hetero) is 1.